The normalized spacial score (nSPS) is 9.93. The van der Waals surface area contributed by atoms with Gasteiger partial charge in [0.2, 0.25) is 0 Å². The van der Waals surface area contributed by atoms with Crippen molar-refractivity contribution >= 4 is 39.7 Å². The summed E-state index contributed by atoms with van der Waals surface area (Å²) < 4.78 is 1.23. The maximum absolute atomic E-state index is 5.61. The summed E-state index contributed by atoms with van der Waals surface area (Å²) in [6.45, 7) is 0. The third-order valence-electron chi connectivity index (χ3n) is 2.04. The maximum atomic E-state index is 5.61. The molecule has 0 unspecified atom stereocenters. The minimum Gasteiger partial charge on any atom is -0.399 e. The molecule has 0 aliphatic carbocycles. The van der Waals surface area contributed by atoms with Crippen LogP contribution in [0.15, 0.2) is 48.5 Å². The predicted molar refractivity (Wildman–Crippen MR) is 73.3 cm³/mol. The van der Waals surface area contributed by atoms with Crippen LogP contribution in [0.1, 0.15) is 0 Å². The zero-order chi connectivity index (χ0) is 10.7. The molecule has 0 saturated heterocycles. The topological polar surface area (TPSA) is 38.0 Å². The Morgan fingerprint density at radius 1 is 0.800 bits per heavy atom. The molecule has 0 bridgehead atoms. The highest BCUT2D eigenvalue weighted by Gasteiger charge is 1.94. The fourth-order valence-corrected chi connectivity index (χ4v) is 1.63. The van der Waals surface area contributed by atoms with Gasteiger partial charge in [-0.15, -0.1) is 0 Å². The van der Waals surface area contributed by atoms with Crippen molar-refractivity contribution in [2.75, 3.05) is 11.1 Å². The summed E-state index contributed by atoms with van der Waals surface area (Å²) in [6.07, 6.45) is 0. The van der Waals surface area contributed by atoms with Crippen molar-refractivity contribution in [3.05, 3.63) is 52.1 Å². The number of nitrogen functional groups attached to an aromatic ring is 1. The number of hydrogen-bond donors (Lipinski definition) is 2. The first-order valence-corrected chi connectivity index (χ1v) is 5.70. The van der Waals surface area contributed by atoms with E-state index in [1.54, 1.807) is 0 Å². The van der Waals surface area contributed by atoms with Gasteiger partial charge in [0.15, 0.2) is 0 Å². The molecule has 0 atom stereocenters. The van der Waals surface area contributed by atoms with E-state index in [1.165, 1.54) is 3.57 Å². The number of rotatable bonds is 2. The average molecular weight is 310 g/mol. The molecule has 2 nitrogen and oxygen atoms in total. The average Bonchev–Trinajstić information content (AvgIpc) is 2.25. The monoisotopic (exact) mass is 310 g/mol. The Bertz CT molecular complexity index is 391. The van der Waals surface area contributed by atoms with Crippen LogP contribution in [-0.4, -0.2) is 0 Å². The summed E-state index contributed by atoms with van der Waals surface area (Å²) in [6, 6.07) is 15.9. The minimum absolute atomic E-state index is 0.781. The van der Waals surface area contributed by atoms with E-state index in [0.29, 0.717) is 0 Å². The number of nitrogens with two attached hydrogens (primary N) is 1. The Balaban J connectivity index is 2.15. The Labute approximate surface area is 103 Å². The first-order valence-electron chi connectivity index (χ1n) is 4.62. The van der Waals surface area contributed by atoms with E-state index in [9.17, 15) is 0 Å². The van der Waals surface area contributed by atoms with Crippen molar-refractivity contribution in [3.63, 3.8) is 0 Å². The van der Waals surface area contributed by atoms with E-state index in [1.807, 2.05) is 24.3 Å². The molecule has 15 heavy (non-hydrogen) atoms. The lowest BCUT2D eigenvalue weighted by Crippen LogP contribution is -1.90. The van der Waals surface area contributed by atoms with Crippen LogP contribution in [-0.2, 0) is 0 Å². The summed E-state index contributed by atoms with van der Waals surface area (Å²) >= 11 is 2.29. The Kier molecular flexibility index (Phi) is 3.11. The van der Waals surface area contributed by atoms with Crippen LogP contribution < -0.4 is 11.1 Å². The molecule has 0 spiro atoms. The smallest absolute Gasteiger partial charge is 0.0385 e. The molecule has 0 saturated carbocycles. The van der Waals surface area contributed by atoms with Gasteiger partial charge in [-0.1, -0.05) is 0 Å². The van der Waals surface area contributed by atoms with Crippen LogP contribution in [0.4, 0.5) is 17.1 Å². The summed E-state index contributed by atoms with van der Waals surface area (Å²) in [7, 11) is 0. The van der Waals surface area contributed by atoms with E-state index in [-0.39, 0.29) is 0 Å². The molecule has 0 aromatic heterocycles. The van der Waals surface area contributed by atoms with E-state index in [2.05, 4.69) is 52.2 Å². The predicted octanol–water partition coefficient (Wildman–Crippen LogP) is 3.62. The van der Waals surface area contributed by atoms with E-state index >= 15 is 0 Å². The van der Waals surface area contributed by atoms with Crippen LogP contribution in [0.25, 0.3) is 0 Å². The number of anilines is 3. The van der Waals surface area contributed by atoms with Crippen LogP contribution in [0.5, 0.6) is 0 Å². The Morgan fingerprint density at radius 2 is 1.27 bits per heavy atom. The van der Waals surface area contributed by atoms with Gasteiger partial charge in [0.1, 0.15) is 0 Å². The number of nitrogens with one attached hydrogen (secondary N) is 1. The molecular formula is C12H11IN2. The van der Waals surface area contributed by atoms with Gasteiger partial charge < -0.3 is 11.1 Å². The van der Waals surface area contributed by atoms with Crippen LogP contribution in [0, 0.1) is 3.57 Å². The first kappa shape index (κ1) is 10.3. The van der Waals surface area contributed by atoms with Gasteiger partial charge in [0.05, 0.1) is 0 Å². The van der Waals surface area contributed by atoms with E-state index < -0.39 is 0 Å². The SMILES string of the molecule is Nc1ccc(Nc2ccc(I)cc2)cc1. The molecule has 3 heteroatoms. The highest BCUT2D eigenvalue weighted by molar-refractivity contribution is 14.1. The van der Waals surface area contributed by atoms with Crippen molar-refractivity contribution in [2.45, 2.75) is 0 Å². The fourth-order valence-electron chi connectivity index (χ4n) is 1.27. The Hall–Kier alpha value is -1.23. The van der Waals surface area contributed by atoms with Crippen LogP contribution in [0.2, 0.25) is 0 Å². The second kappa shape index (κ2) is 4.53. The molecule has 2 aromatic rings. The largest absolute Gasteiger partial charge is 0.399 e. The second-order valence-electron chi connectivity index (χ2n) is 3.25. The second-order valence-corrected chi connectivity index (χ2v) is 4.50. The molecule has 0 aliphatic rings. The van der Waals surface area contributed by atoms with Gasteiger partial charge in [-0.2, -0.15) is 0 Å². The highest BCUT2D eigenvalue weighted by atomic mass is 127. The number of hydrogen-bond acceptors (Lipinski definition) is 2. The summed E-state index contributed by atoms with van der Waals surface area (Å²) in [5.41, 5.74) is 8.52. The van der Waals surface area contributed by atoms with Crippen molar-refractivity contribution in [1.29, 1.82) is 0 Å². The lowest BCUT2D eigenvalue weighted by molar-refractivity contribution is 1.53. The standard InChI is InChI=1S/C12H11IN2/c13-9-1-5-11(6-2-9)15-12-7-3-10(14)4-8-12/h1-8,15H,14H2. The zero-order valence-corrected chi connectivity index (χ0v) is 10.2. The summed E-state index contributed by atoms with van der Waals surface area (Å²) in [4.78, 5) is 0. The molecule has 2 rings (SSSR count). The van der Waals surface area contributed by atoms with E-state index in [0.717, 1.165) is 17.1 Å². The number of benzene rings is 2. The molecule has 76 valence electrons. The van der Waals surface area contributed by atoms with Gasteiger partial charge in [0, 0.05) is 20.6 Å². The quantitative estimate of drug-likeness (QED) is 0.657. The van der Waals surface area contributed by atoms with Crippen LogP contribution in [0.3, 0.4) is 0 Å². The lowest BCUT2D eigenvalue weighted by atomic mass is 10.2. The van der Waals surface area contributed by atoms with Gasteiger partial charge in [0.25, 0.3) is 0 Å². The lowest BCUT2D eigenvalue weighted by Gasteiger charge is -2.06. The highest BCUT2D eigenvalue weighted by Crippen LogP contribution is 2.18. The molecule has 0 heterocycles. The molecule has 0 radical (unpaired) electrons. The van der Waals surface area contributed by atoms with Crippen molar-refractivity contribution < 1.29 is 0 Å². The number of halogens is 1. The molecule has 3 N–H and O–H groups in total. The molecule has 0 fully saturated rings. The molecular weight excluding hydrogens is 299 g/mol. The minimum atomic E-state index is 0.781. The fraction of sp³-hybridized carbons (Fsp3) is 0. The van der Waals surface area contributed by atoms with Gasteiger partial charge in [-0.3, -0.25) is 0 Å². The molecule has 0 aliphatic heterocycles. The third kappa shape index (κ3) is 2.86. The maximum Gasteiger partial charge on any atom is 0.0385 e. The molecule has 2 aromatic carbocycles. The van der Waals surface area contributed by atoms with Gasteiger partial charge in [-0.25, -0.2) is 0 Å². The van der Waals surface area contributed by atoms with Crippen LogP contribution >= 0.6 is 22.6 Å². The van der Waals surface area contributed by atoms with Crippen molar-refractivity contribution in [1.82, 2.24) is 0 Å². The summed E-state index contributed by atoms with van der Waals surface area (Å²) in [5, 5.41) is 3.30. The van der Waals surface area contributed by atoms with Crippen molar-refractivity contribution in [3.8, 4) is 0 Å². The first-order chi connectivity index (χ1) is 7.24. The zero-order valence-electron chi connectivity index (χ0n) is 8.07. The third-order valence-corrected chi connectivity index (χ3v) is 2.76. The Morgan fingerprint density at radius 3 is 1.80 bits per heavy atom. The molecule has 0 amide bonds. The van der Waals surface area contributed by atoms with Gasteiger partial charge in [-0.05, 0) is 71.1 Å². The van der Waals surface area contributed by atoms with Crippen molar-refractivity contribution in [2.24, 2.45) is 0 Å². The van der Waals surface area contributed by atoms with Gasteiger partial charge >= 0.3 is 0 Å². The summed E-state index contributed by atoms with van der Waals surface area (Å²) in [5.74, 6) is 0. The van der Waals surface area contributed by atoms with E-state index in [4.69, 9.17) is 5.73 Å².